The molecule has 0 aliphatic carbocycles. The van der Waals surface area contributed by atoms with Gasteiger partial charge in [-0.1, -0.05) is 17.2 Å². The van der Waals surface area contributed by atoms with E-state index in [1.54, 1.807) is 6.20 Å². The van der Waals surface area contributed by atoms with Crippen LogP contribution in [0, 0.1) is 0 Å². The number of ether oxygens (including phenoxy) is 2. The fourth-order valence-electron chi connectivity index (χ4n) is 2.54. The second-order valence-corrected chi connectivity index (χ2v) is 5.30. The Morgan fingerprint density at radius 1 is 1.21 bits per heavy atom. The molecule has 0 saturated carbocycles. The Kier molecular flexibility index (Phi) is 3.78. The van der Waals surface area contributed by atoms with Crippen molar-refractivity contribution in [3.8, 4) is 11.5 Å². The maximum absolute atomic E-state index is 5.86. The molecule has 24 heavy (non-hydrogen) atoms. The lowest BCUT2D eigenvalue weighted by Crippen LogP contribution is -2.21. The molecule has 8 heteroatoms. The fourth-order valence-corrected chi connectivity index (χ4v) is 2.54. The Morgan fingerprint density at radius 3 is 2.96 bits per heavy atom. The molecule has 0 unspecified atom stereocenters. The molecular formula is C16H17N5O3. The summed E-state index contributed by atoms with van der Waals surface area (Å²) in [5.41, 5.74) is 1.04. The van der Waals surface area contributed by atoms with Gasteiger partial charge in [-0.2, -0.15) is 5.10 Å². The van der Waals surface area contributed by atoms with E-state index in [1.165, 1.54) is 0 Å². The van der Waals surface area contributed by atoms with Crippen molar-refractivity contribution in [1.82, 2.24) is 20.0 Å². The van der Waals surface area contributed by atoms with Crippen LogP contribution >= 0.6 is 0 Å². The quantitative estimate of drug-likeness (QED) is 0.770. The van der Waals surface area contributed by atoms with Crippen LogP contribution in [0.4, 0.5) is 6.01 Å². The zero-order valence-electron chi connectivity index (χ0n) is 13.2. The highest BCUT2D eigenvalue weighted by Gasteiger charge is 2.27. The molecule has 4 rings (SSSR count). The first-order valence-corrected chi connectivity index (χ1v) is 7.80. The Hall–Kier alpha value is -3.03. The molecule has 3 aromatic rings. The molecule has 0 fully saturated rings. The van der Waals surface area contributed by atoms with E-state index in [0.717, 1.165) is 18.0 Å². The van der Waals surface area contributed by atoms with Crippen molar-refractivity contribution in [3.05, 3.63) is 48.1 Å². The third kappa shape index (κ3) is 2.78. The molecular weight excluding hydrogens is 310 g/mol. The third-order valence-corrected chi connectivity index (χ3v) is 3.75. The largest absolute Gasteiger partial charge is 0.485 e. The standard InChI is InChI=1S/C16H17N5O3/c1-2-21-11(7-8-18-21)9-17-16-20-19-15(24-16)14-10-22-12-5-3-4-6-13(12)23-14/h3-8,14H,2,9-10H2,1H3,(H,17,20)/t14-/m0/s1. The Balaban J connectivity index is 1.42. The van der Waals surface area contributed by atoms with Crippen LogP contribution in [-0.2, 0) is 13.1 Å². The molecule has 2 aromatic heterocycles. The van der Waals surface area contributed by atoms with Crippen molar-refractivity contribution in [3.63, 3.8) is 0 Å². The summed E-state index contributed by atoms with van der Waals surface area (Å²) in [4.78, 5) is 0. The molecule has 0 bridgehead atoms. The monoisotopic (exact) mass is 327 g/mol. The van der Waals surface area contributed by atoms with E-state index in [9.17, 15) is 0 Å². The summed E-state index contributed by atoms with van der Waals surface area (Å²) >= 11 is 0. The molecule has 1 aliphatic heterocycles. The molecule has 1 N–H and O–H groups in total. The minimum absolute atomic E-state index is 0.335. The van der Waals surface area contributed by atoms with E-state index < -0.39 is 6.10 Å². The number of anilines is 1. The van der Waals surface area contributed by atoms with Crippen LogP contribution in [0.15, 0.2) is 40.9 Å². The molecule has 0 saturated heterocycles. The van der Waals surface area contributed by atoms with Gasteiger partial charge in [-0.3, -0.25) is 4.68 Å². The Bertz CT molecular complexity index is 828. The predicted octanol–water partition coefficient (Wildman–Crippen LogP) is 2.41. The number of benzene rings is 1. The number of nitrogens with one attached hydrogen (secondary N) is 1. The first-order chi connectivity index (χ1) is 11.8. The summed E-state index contributed by atoms with van der Waals surface area (Å²) in [6, 6.07) is 9.80. The summed E-state index contributed by atoms with van der Waals surface area (Å²) in [7, 11) is 0. The van der Waals surface area contributed by atoms with Gasteiger partial charge >= 0.3 is 6.01 Å². The molecule has 1 aliphatic rings. The van der Waals surface area contributed by atoms with Crippen LogP contribution in [-0.4, -0.2) is 26.6 Å². The van der Waals surface area contributed by atoms with Gasteiger partial charge in [0.1, 0.15) is 6.61 Å². The minimum atomic E-state index is -0.413. The van der Waals surface area contributed by atoms with Crippen molar-refractivity contribution >= 4 is 6.01 Å². The van der Waals surface area contributed by atoms with Crippen LogP contribution < -0.4 is 14.8 Å². The number of aromatic nitrogens is 4. The summed E-state index contributed by atoms with van der Waals surface area (Å²) in [5.74, 6) is 1.78. The smallest absolute Gasteiger partial charge is 0.315 e. The van der Waals surface area contributed by atoms with E-state index >= 15 is 0 Å². The summed E-state index contributed by atoms with van der Waals surface area (Å²) < 4.78 is 19.1. The lowest BCUT2D eigenvalue weighted by atomic mass is 10.2. The van der Waals surface area contributed by atoms with E-state index in [-0.39, 0.29) is 0 Å². The zero-order valence-corrected chi connectivity index (χ0v) is 13.2. The number of hydrogen-bond acceptors (Lipinski definition) is 7. The van der Waals surface area contributed by atoms with Gasteiger partial charge in [0, 0.05) is 12.7 Å². The highest BCUT2D eigenvalue weighted by atomic mass is 16.6. The van der Waals surface area contributed by atoms with Crippen LogP contribution in [0.3, 0.4) is 0 Å². The van der Waals surface area contributed by atoms with Crippen LogP contribution in [0.25, 0.3) is 0 Å². The van der Waals surface area contributed by atoms with E-state index in [1.807, 2.05) is 41.9 Å². The number of fused-ring (bicyclic) bond motifs is 1. The lowest BCUT2D eigenvalue weighted by molar-refractivity contribution is 0.0717. The van der Waals surface area contributed by atoms with Crippen molar-refractivity contribution in [2.75, 3.05) is 11.9 Å². The molecule has 0 radical (unpaired) electrons. The predicted molar refractivity (Wildman–Crippen MR) is 84.8 cm³/mol. The summed E-state index contributed by atoms with van der Waals surface area (Å²) in [6.45, 7) is 3.74. The topological polar surface area (TPSA) is 87.2 Å². The number of nitrogens with zero attached hydrogens (tertiary/aromatic N) is 4. The number of rotatable bonds is 5. The van der Waals surface area contributed by atoms with Crippen molar-refractivity contribution < 1.29 is 13.9 Å². The van der Waals surface area contributed by atoms with Crippen molar-refractivity contribution in [2.45, 2.75) is 26.1 Å². The molecule has 8 nitrogen and oxygen atoms in total. The maximum atomic E-state index is 5.86. The van der Waals surface area contributed by atoms with Gasteiger partial charge in [0.05, 0.1) is 12.2 Å². The molecule has 3 heterocycles. The molecule has 0 amide bonds. The van der Waals surface area contributed by atoms with Gasteiger partial charge in [-0.05, 0) is 25.1 Å². The number of aryl methyl sites for hydroxylation is 1. The highest BCUT2D eigenvalue weighted by Crippen LogP contribution is 2.35. The van der Waals surface area contributed by atoms with Crippen LogP contribution in [0.2, 0.25) is 0 Å². The SMILES string of the molecule is CCn1nccc1CNc1nnc([C@@H]2COc3ccccc3O2)o1. The molecule has 1 atom stereocenters. The summed E-state index contributed by atoms with van der Waals surface area (Å²) in [6.07, 6.45) is 1.36. The zero-order chi connectivity index (χ0) is 16.4. The fraction of sp³-hybridized carbons (Fsp3) is 0.312. The Morgan fingerprint density at radius 2 is 2.08 bits per heavy atom. The first-order valence-electron chi connectivity index (χ1n) is 7.80. The van der Waals surface area contributed by atoms with E-state index in [0.29, 0.717) is 30.8 Å². The Labute approximate surface area is 138 Å². The average molecular weight is 327 g/mol. The average Bonchev–Trinajstić information content (AvgIpc) is 3.28. The lowest BCUT2D eigenvalue weighted by Gasteiger charge is -2.23. The number of para-hydroxylation sites is 2. The van der Waals surface area contributed by atoms with Gasteiger partial charge in [0.15, 0.2) is 11.5 Å². The first kappa shape index (κ1) is 14.6. The van der Waals surface area contributed by atoms with Gasteiger partial charge < -0.3 is 19.2 Å². The van der Waals surface area contributed by atoms with Crippen LogP contribution in [0.1, 0.15) is 24.6 Å². The third-order valence-electron chi connectivity index (χ3n) is 3.75. The number of hydrogen-bond donors (Lipinski definition) is 1. The normalized spacial score (nSPS) is 16.1. The van der Waals surface area contributed by atoms with E-state index in [2.05, 4.69) is 20.6 Å². The second kappa shape index (κ2) is 6.23. The molecule has 124 valence electrons. The van der Waals surface area contributed by atoms with Gasteiger partial charge in [-0.25, -0.2) is 0 Å². The van der Waals surface area contributed by atoms with Crippen LogP contribution in [0.5, 0.6) is 11.5 Å². The van der Waals surface area contributed by atoms with Gasteiger partial charge in [-0.15, -0.1) is 5.10 Å². The highest BCUT2D eigenvalue weighted by molar-refractivity contribution is 5.41. The summed E-state index contributed by atoms with van der Waals surface area (Å²) in [5, 5.41) is 15.4. The van der Waals surface area contributed by atoms with E-state index in [4.69, 9.17) is 13.9 Å². The van der Waals surface area contributed by atoms with Crippen molar-refractivity contribution in [1.29, 1.82) is 0 Å². The minimum Gasteiger partial charge on any atom is -0.485 e. The second-order valence-electron chi connectivity index (χ2n) is 5.30. The van der Waals surface area contributed by atoms with Gasteiger partial charge in [0.25, 0.3) is 5.89 Å². The molecule has 1 aromatic carbocycles. The van der Waals surface area contributed by atoms with Gasteiger partial charge in [0.2, 0.25) is 6.10 Å². The maximum Gasteiger partial charge on any atom is 0.315 e. The molecule has 0 spiro atoms. The van der Waals surface area contributed by atoms with Crippen molar-refractivity contribution in [2.24, 2.45) is 0 Å².